The lowest BCUT2D eigenvalue weighted by Gasteiger charge is -2.22. The summed E-state index contributed by atoms with van der Waals surface area (Å²) in [5.41, 5.74) is 2.92. The molecular weight excluding hydrogens is 520 g/mol. The van der Waals surface area contributed by atoms with Crippen molar-refractivity contribution >= 4 is 5.57 Å². The Labute approximate surface area is 243 Å². The Morgan fingerprint density at radius 1 is 0.585 bits per heavy atom. The molecule has 4 rings (SSSR count). The second kappa shape index (κ2) is 15.4. The third kappa shape index (κ3) is 7.90. The summed E-state index contributed by atoms with van der Waals surface area (Å²) in [5.74, 6) is -2.74. The highest BCUT2D eigenvalue weighted by Gasteiger charge is 2.21. The van der Waals surface area contributed by atoms with Crippen LogP contribution in [-0.2, 0) is 6.42 Å². The molecule has 0 nitrogen and oxygen atoms in total. The van der Waals surface area contributed by atoms with Crippen molar-refractivity contribution in [2.75, 3.05) is 0 Å². The van der Waals surface area contributed by atoms with Gasteiger partial charge in [0.1, 0.15) is 0 Å². The molecule has 1 aliphatic rings. The van der Waals surface area contributed by atoms with Crippen LogP contribution in [0.3, 0.4) is 0 Å². The lowest BCUT2D eigenvalue weighted by Crippen LogP contribution is -2.06. The fraction of sp³-hybridized carbons (Fsp3) is 0.459. The molecule has 0 aliphatic heterocycles. The van der Waals surface area contributed by atoms with Gasteiger partial charge >= 0.3 is 0 Å². The Bertz CT molecular complexity index is 1310. The highest BCUT2D eigenvalue weighted by atomic mass is 19.2. The van der Waals surface area contributed by atoms with Crippen LogP contribution in [0.1, 0.15) is 108 Å². The summed E-state index contributed by atoms with van der Waals surface area (Å²) in [5, 5.41) is 0. The number of halogens is 4. The van der Waals surface area contributed by atoms with Gasteiger partial charge in [-0.25, -0.2) is 17.6 Å². The van der Waals surface area contributed by atoms with E-state index in [1.165, 1.54) is 32.1 Å². The van der Waals surface area contributed by atoms with Crippen LogP contribution in [-0.4, -0.2) is 0 Å². The molecule has 0 N–H and O–H groups in total. The van der Waals surface area contributed by atoms with Crippen molar-refractivity contribution in [1.29, 1.82) is 0 Å². The monoisotopic (exact) mass is 564 g/mol. The summed E-state index contributed by atoms with van der Waals surface area (Å²) in [4.78, 5) is 0. The summed E-state index contributed by atoms with van der Waals surface area (Å²) >= 11 is 0. The van der Waals surface area contributed by atoms with E-state index in [0.29, 0.717) is 34.6 Å². The molecule has 0 spiro atoms. The Morgan fingerprint density at radius 2 is 1.12 bits per heavy atom. The SMILES string of the molecule is CCCCCCCCCCc1ccc(-c2ccc(-c3ccc(C4=CCC(CCC)CC4)c(F)c3F)cc2)c(F)c1F. The van der Waals surface area contributed by atoms with Crippen LogP contribution in [0.4, 0.5) is 17.6 Å². The summed E-state index contributed by atoms with van der Waals surface area (Å²) < 4.78 is 60.3. The summed E-state index contributed by atoms with van der Waals surface area (Å²) in [6.45, 7) is 4.37. The first-order valence-electron chi connectivity index (χ1n) is 15.7. The topological polar surface area (TPSA) is 0 Å². The average Bonchev–Trinajstić information content (AvgIpc) is 2.99. The first-order chi connectivity index (χ1) is 19.9. The molecule has 4 heteroatoms. The lowest BCUT2D eigenvalue weighted by atomic mass is 9.84. The van der Waals surface area contributed by atoms with E-state index < -0.39 is 23.3 Å². The zero-order chi connectivity index (χ0) is 29.2. The molecule has 41 heavy (non-hydrogen) atoms. The van der Waals surface area contributed by atoms with E-state index in [1.54, 1.807) is 48.5 Å². The number of rotatable bonds is 14. The standard InChI is InChI=1S/C37H44F4/c1-3-5-6-7-8-9-10-11-13-30-22-23-31(35(39)34(30)38)28-18-20-29(21-19-28)33-25-24-32(36(40)37(33)41)27-16-14-26(12-4-2)15-17-27/h16,18-26H,3-15,17H2,1-2H3. The van der Waals surface area contributed by atoms with E-state index in [2.05, 4.69) is 19.9 Å². The molecule has 0 radical (unpaired) electrons. The van der Waals surface area contributed by atoms with E-state index in [-0.39, 0.29) is 11.1 Å². The van der Waals surface area contributed by atoms with Crippen molar-refractivity contribution in [3.05, 3.63) is 89.0 Å². The van der Waals surface area contributed by atoms with Gasteiger partial charge in [0.2, 0.25) is 0 Å². The molecule has 0 saturated heterocycles. The normalized spacial score (nSPS) is 15.3. The molecule has 0 saturated carbocycles. The van der Waals surface area contributed by atoms with Gasteiger partial charge in [-0.3, -0.25) is 0 Å². The van der Waals surface area contributed by atoms with E-state index in [0.717, 1.165) is 56.9 Å². The number of benzene rings is 3. The Morgan fingerprint density at radius 3 is 1.71 bits per heavy atom. The molecule has 1 atom stereocenters. The second-order valence-corrected chi connectivity index (χ2v) is 11.6. The molecule has 0 fully saturated rings. The van der Waals surface area contributed by atoms with Gasteiger partial charge in [-0.15, -0.1) is 0 Å². The maximum absolute atomic E-state index is 15.2. The maximum atomic E-state index is 15.2. The van der Waals surface area contributed by atoms with Gasteiger partial charge in [-0.2, -0.15) is 0 Å². The molecule has 1 aliphatic carbocycles. The van der Waals surface area contributed by atoms with Crippen molar-refractivity contribution in [3.8, 4) is 22.3 Å². The van der Waals surface area contributed by atoms with E-state index in [4.69, 9.17) is 0 Å². The van der Waals surface area contributed by atoms with Crippen molar-refractivity contribution in [2.45, 2.75) is 104 Å². The van der Waals surface area contributed by atoms with Crippen LogP contribution < -0.4 is 0 Å². The van der Waals surface area contributed by atoms with Crippen LogP contribution in [0.2, 0.25) is 0 Å². The van der Waals surface area contributed by atoms with Crippen LogP contribution in [0.15, 0.2) is 54.6 Å². The number of unbranched alkanes of at least 4 members (excludes halogenated alkanes) is 7. The minimum absolute atomic E-state index is 0.158. The van der Waals surface area contributed by atoms with Gasteiger partial charge in [0.15, 0.2) is 23.3 Å². The zero-order valence-electron chi connectivity index (χ0n) is 24.7. The quantitative estimate of drug-likeness (QED) is 0.135. The molecule has 3 aromatic carbocycles. The average molecular weight is 565 g/mol. The molecular formula is C37H44F4. The fourth-order valence-electron chi connectivity index (χ4n) is 6.11. The van der Waals surface area contributed by atoms with Crippen LogP contribution in [0.5, 0.6) is 0 Å². The van der Waals surface area contributed by atoms with Crippen LogP contribution in [0, 0.1) is 29.2 Å². The zero-order valence-corrected chi connectivity index (χ0v) is 24.7. The van der Waals surface area contributed by atoms with Crippen LogP contribution >= 0.6 is 0 Å². The van der Waals surface area contributed by atoms with E-state index >= 15 is 13.2 Å². The lowest BCUT2D eigenvalue weighted by molar-refractivity contribution is 0.443. The Balaban J connectivity index is 1.41. The number of aryl methyl sites for hydroxylation is 1. The Hall–Kier alpha value is -2.88. The van der Waals surface area contributed by atoms with Crippen molar-refractivity contribution in [2.24, 2.45) is 5.92 Å². The summed E-state index contributed by atoms with van der Waals surface area (Å²) in [7, 11) is 0. The molecule has 1 unspecified atom stereocenters. The summed E-state index contributed by atoms with van der Waals surface area (Å²) in [6, 6.07) is 13.1. The number of hydrogen-bond donors (Lipinski definition) is 0. The molecule has 0 aromatic heterocycles. The second-order valence-electron chi connectivity index (χ2n) is 11.6. The number of allylic oxidation sites excluding steroid dienone is 2. The van der Waals surface area contributed by atoms with Crippen molar-refractivity contribution < 1.29 is 17.6 Å². The predicted molar refractivity (Wildman–Crippen MR) is 164 cm³/mol. The minimum atomic E-state index is -0.880. The van der Waals surface area contributed by atoms with Gasteiger partial charge in [-0.1, -0.05) is 126 Å². The predicted octanol–water partition coefficient (Wildman–Crippen LogP) is 12.2. The van der Waals surface area contributed by atoms with Gasteiger partial charge in [-0.05, 0) is 60.3 Å². The third-order valence-electron chi connectivity index (χ3n) is 8.61. The summed E-state index contributed by atoms with van der Waals surface area (Å²) in [6.07, 6.45) is 16.8. The van der Waals surface area contributed by atoms with E-state index in [1.807, 2.05) is 0 Å². The molecule has 0 amide bonds. The van der Waals surface area contributed by atoms with Crippen molar-refractivity contribution in [1.82, 2.24) is 0 Å². The van der Waals surface area contributed by atoms with E-state index in [9.17, 15) is 4.39 Å². The fourth-order valence-corrected chi connectivity index (χ4v) is 6.11. The number of hydrogen-bond acceptors (Lipinski definition) is 0. The minimum Gasteiger partial charge on any atom is -0.203 e. The van der Waals surface area contributed by atoms with Gasteiger partial charge in [0.25, 0.3) is 0 Å². The Kier molecular flexibility index (Phi) is 11.7. The highest BCUT2D eigenvalue weighted by Crippen LogP contribution is 2.37. The van der Waals surface area contributed by atoms with Gasteiger partial charge in [0.05, 0.1) is 0 Å². The molecule has 3 aromatic rings. The molecule has 0 bridgehead atoms. The van der Waals surface area contributed by atoms with Crippen molar-refractivity contribution in [3.63, 3.8) is 0 Å². The smallest absolute Gasteiger partial charge is 0.167 e. The first-order valence-corrected chi connectivity index (χ1v) is 15.7. The third-order valence-corrected chi connectivity index (χ3v) is 8.61. The molecule has 0 heterocycles. The largest absolute Gasteiger partial charge is 0.203 e. The van der Waals surface area contributed by atoms with Crippen LogP contribution in [0.25, 0.3) is 27.8 Å². The van der Waals surface area contributed by atoms with Gasteiger partial charge < -0.3 is 0 Å². The maximum Gasteiger partial charge on any atom is 0.167 e. The first kappa shape index (κ1) is 31.1. The van der Waals surface area contributed by atoms with Gasteiger partial charge in [0, 0.05) is 16.7 Å². The highest BCUT2D eigenvalue weighted by molar-refractivity contribution is 5.74. The molecule has 220 valence electrons.